The van der Waals surface area contributed by atoms with Crippen molar-refractivity contribution in [2.24, 2.45) is 0 Å². The van der Waals surface area contributed by atoms with Gasteiger partial charge in [-0.25, -0.2) is 0 Å². The van der Waals surface area contributed by atoms with Crippen molar-refractivity contribution in [3.8, 4) is 28.6 Å². The SMILES string of the molecule is CCOc1ccccc1NC(=O)Cn1cccc(-c2nc(-c3ccc(Cl)cc3)no2)c1=O. The number of pyridine rings is 1. The van der Waals surface area contributed by atoms with E-state index in [4.69, 9.17) is 20.9 Å². The topological polar surface area (TPSA) is 99.2 Å². The minimum absolute atomic E-state index is 0.0661. The van der Waals surface area contributed by atoms with Crippen LogP contribution in [0.15, 0.2) is 76.2 Å². The summed E-state index contributed by atoms with van der Waals surface area (Å²) in [5.41, 5.74) is 1.01. The van der Waals surface area contributed by atoms with Crippen molar-refractivity contribution in [1.82, 2.24) is 14.7 Å². The molecule has 0 fully saturated rings. The van der Waals surface area contributed by atoms with Crippen LogP contribution in [0.1, 0.15) is 6.92 Å². The summed E-state index contributed by atoms with van der Waals surface area (Å²) < 4.78 is 12.1. The Morgan fingerprint density at radius 2 is 1.91 bits per heavy atom. The molecule has 4 rings (SSSR count). The van der Waals surface area contributed by atoms with E-state index in [0.29, 0.717) is 34.5 Å². The van der Waals surface area contributed by atoms with Crippen molar-refractivity contribution >= 4 is 23.2 Å². The van der Waals surface area contributed by atoms with E-state index in [0.717, 1.165) is 0 Å². The summed E-state index contributed by atoms with van der Waals surface area (Å²) in [6.07, 6.45) is 1.52. The first kappa shape index (κ1) is 21.3. The highest BCUT2D eigenvalue weighted by molar-refractivity contribution is 6.30. The molecule has 4 aromatic rings. The van der Waals surface area contributed by atoms with Gasteiger partial charge in [0.05, 0.1) is 12.3 Å². The smallest absolute Gasteiger partial charge is 0.263 e. The van der Waals surface area contributed by atoms with Crippen molar-refractivity contribution in [2.45, 2.75) is 13.5 Å². The Hall–Kier alpha value is -3.91. The van der Waals surface area contributed by atoms with Crippen LogP contribution >= 0.6 is 11.6 Å². The molecule has 0 radical (unpaired) electrons. The maximum absolute atomic E-state index is 12.9. The molecule has 0 aliphatic carbocycles. The zero-order chi connectivity index (χ0) is 22.5. The molecule has 0 aliphatic rings. The largest absolute Gasteiger partial charge is 0.492 e. The molecule has 162 valence electrons. The monoisotopic (exact) mass is 450 g/mol. The molecule has 1 amide bonds. The highest BCUT2D eigenvalue weighted by Crippen LogP contribution is 2.24. The van der Waals surface area contributed by atoms with E-state index in [9.17, 15) is 9.59 Å². The average Bonchev–Trinajstić information content (AvgIpc) is 3.27. The molecule has 0 unspecified atom stereocenters. The van der Waals surface area contributed by atoms with Crippen molar-refractivity contribution < 1.29 is 14.1 Å². The summed E-state index contributed by atoms with van der Waals surface area (Å²) in [7, 11) is 0. The molecule has 8 nitrogen and oxygen atoms in total. The number of anilines is 1. The number of nitrogens with zero attached hydrogens (tertiary/aromatic N) is 3. The number of hydrogen-bond acceptors (Lipinski definition) is 6. The Morgan fingerprint density at radius 1 is 1.12 bits per heavy atom. The van der Waals surface area contributed by atoms with Crippen molar-refractivity contribution in [2.75, 3.05) is 11.9 Å². The lowest BCUT2D eigenvalue weighted by Gasteiger charge is -2.12. The van der Waals surface area contributed by atoms with Gasteiger partial charge in [-0.15, -0.1) is 0 Å². The molecule has 0 aliphatic heterocycles. The zero-order valence-corrected chi connectivity index (χ0v) is 17.9. The summed E-state index contributed by atoms with van der Waals surface area (Å²) in [5.74, 6) is 0.585. The van der Waals surface area contributed by atoms with E-state index in [1.54, 1.807) is 54.6 Å². The van der Waals surface area contributed by atoms with E-state index in [1.165, 1.54) is 10.8 Å². The predicted molar refractivity (Wildman–Crippen MR) is 121 cm³/mol. The van der Waals surface area contributed by atoms with Gasteiger partial charge in [0.15, 0.2) is 0 Å². The van der Waals surface area contributed by atoms with Crippen LogP contribution < -0.4 is 15.6 Å². The van der Waals surface area contributed by atoms with Crippen molar-refractivity contribution in [3.05, 3.63) is 82.2 Å². The minimum Gasteiger partial charge on any atom is -0.492 e. The fourth-order valence-corrected chi connectivity index (χ4v) is 3.19. The first-order chi connectivity index (χ1) is 15.5. The number of para-hydroxylation sites is 2. The molecule has 0 saturated heterocycles. The number of halogens is 1. The van der Waals surface area contributed by atoms with Gasteiger partial charge in [-0.1, -0.05) is 28.9 Å². The quantitative estimate of drug-likeness (QED) is 0.451. The maximum atomic E-state index is 12.9. The highest BCUT2D eigenvalue weighted by atomic mass is 35.5. The molecule has 1 N–H and O–H groups in total. The molecule has 2 aromatic carbocycles. The third-order valence-corrected chi connectivity index (χ3v) is 4.81. The normalized spacial score (nSPS) is 10.7. The first-order valence-corrected chi connectivity index (χ1v) is 10.2. The van der Waals surface area contributed by atoms with Gasteiger partial charge >= 0.3 is 0 Å². The number of carbonyl (C=O) groups is 1. The second-order valence-corrected chi connectivity index (χ2v) is 7.20. The van der Waals surface area contributed by atoms with Gasteiger partial charge in [0.25, 0.3) is 11.4 Å². The van der Waals surface area contributed by atoms with Crippen LogP contribution in [0.3, 0.4) is 0 Å². The minimum atomic E-state index is -0.424. The van der Waals surface area contributed by atoms with Gasteiger partial charge in [-0.2, -0.15) is 4.98 Å². The van der Waals surface area contributed by atoms with Crippen molar-refractivity contribution in [3.63, 3.8) is 0 Å². The summed E-state index contributed by atoms with van der Waals surface area (Å²) in [5, 5.41) is 7.30. The Morgan fingerprint density at radius 3 is 2.69 bits per heavy atom. The van der Waals surface area contributed by atoms with E-state index in [2.05, 4.69) is 15.5 Å². The van der Waals surface area contributed by atoms with Crippen LogP contribution in [-0.4, -0.2) is 27.2 Å². The number of carbonyl (C=O) groups excluding carboxylic acids is 1. The Bertz CT molecular complexity index is 1300. The summed E-state index contributed by atoms with van der Waals surface area (Å²) in [6, 6.07) is 17.3. The lowest BCUT2D eigenvalue weighted by atomic mass is 10.2. The second kappa shape index (κ2) is 9.49. The zero-order valence-electron chi connectivity index (χ0n) is 17.1. The van der Waals surface area contributed by atoms with Crippen LogP contribution in [0.5, 0.6) is 5.75 Å². The molecule has 0 spiro atoms. The summed E-state index contributed by atoms with van der Waals surface area (Å²) >= 11 is 5.91. The van der Waals surface area contributed by atoms with Gasteiger partial charge in [-0.05, 0) is 55.5 Å². The maximum Gasteiger partial charge on any atom is 0.263 e. The number of rotatable bonds is 7. The number of hydrogen-bond donors (Lipinski definition) is 1. The molecule has 32 heavy (non-hydrogen) atoms. The number of ether oxygens (including phenoxy) is 1. The van der Waals surface area contributed by atoms with Crippen LogP contribution in [0, 0.1) is 0 Å². The fourth-order valence-electron chi connectivity index (χ4n) is 3.07. The Kier molecular flexibility index (Phi) is 6.32. The third-order valence-electron chi connectivity index (χ3n) is 4.55. The van der Waals surface area contributed by atoms with Gasteiger partial charge in [0, 0.05) is 16.8 Å². The van der Waals surface area contributed by atoms with Gasteiger partial charge in [0.2, 0.25) is 11.7 Å². The molecule has 9 heteroatoms. The average molecular weight is 451 g/mol. The van der Waals surface area contributed by atoms with Gasteiger partial charge in [-0.3, -0.25) is 9.59 Å². The Balaban J connectivity index is 1.54. The van der Waals surface area contributed by atoms with Crippen LogP contribution in [0.4, 0.5) is 5.69 Å². The fraction of sp³-hybridized carbons (Fsp3) is 0.130. The number of benzene rings is 2. The lowest BCUT2D eigenvalue weighted by Crippen LogP contribution is -2.28. The summed E-state index contributed by atoms with van der Waals surface area (Å²) in [4.78, 5) is 29.8. The number of nitrogens with one attached hydrogen (secondary N) is 1. The van der Waals surface area contributed by atoms with E-state index < -0.39 is 5.56 Å². The molecule has 2 heterocycles. The number of aromatic nitrogens is 3. The molecule has 0 atom stereocenters. The standard InChI is InChI=1S/C23H19ClN4O4/c1-2-31-19-8-4-3-7-18(19)25-20(29)14-28-13-5-6-17(23(28)30)22-26-21(27-32-22)15-9-11-16(24)12-10-15/h3-13H,2,14H2,1H3,(H,25,29). The van der Waals surface area contributed by atoms with Crippen LogP contribution in [-0.2, 0) is 11.3 Å². The van der Waals surface area contributed by atoms with E-state index in [-0.39, 0.29) is 23.9 Å². The molecular formula is C23H19ClN4O4. The van der Waals surface area contributed by atoms with Gasteiger partial charge < -0.3 is 19.1 Å². The van der Waals surface area contributed by atoms with Crippen molar-refractivity contribution in [1.29, 1.82) is 0 Å². The predicted octanol–water partition coefficient (Wildman–Crippen LogP) is 4.26. The van der Waals surface area contributed by atoms with E-state index in [1.807, 2.05) is 13.0 Å². The molecular weight excluding hydrogens is 432 g/mol. The first-order valence-electron chi connectivity index (χ1n) is 9.86. The lowest BCUT2D eigenvalue weighted by molar-refractivity contribution is -0.116. The summed E-state index contributed by atoms with van der Waals surface area (Å²) in [6.45, 7) is 2.14. The molecule has 0 bridgehead atoms. The van der Waals surface area contributed by atoms with E-state index >= 15 is 0 Å². The highest BCUT2D eigenvalue weighted by Gasteiger charge is 2.16. The van der Waals surface area contributed by atoms with Gasteiger partial charge in [0.1, 0.15) is 17.9 Å². The second-order valence-electron chi connectivity index (χ2n) is 6.76. The van der Waals surface area contributed by atoms with Crippen LogP contribution in [0.25, 0.3) is 22.8 Å². The van der Waals surface area contributed by atoms with Crippen LogP contribution in [0.2, 0.25) is 5.02 Å². The molecule has 0 saturated carbocycles. The molecule has 2 aromatic heterocycles. The Labute approximate surface area is 188 Å². The third kappa shape index (κ3) is 4.70. The number of amides is 1.